The number of carbonyl (C=O) groups is 1. The van der Waals surface area contributed by atoms with E-state index in [0.717, 1.165) is 58.9 Å². The molecule has 3 rings (SSSR count). The van der Waals surface area contributed by atoms with Crippen LogP contribution in [0.4, 0.5) is 0 Å². The number of hydrogen-bond donors (Lipinski definition) is 1. The summed E-state index contributed by atoms with van der Waals surface area (Å²) in [5.74, 6) is 1.11. The van der Waals surface area contributed by atoms with E-state index in [1.165, 1.54) is 6.42 Å². The molecule has 22 heavy (non-hydrogen) atoms. The van der Waals surface area contributed by atoms with E-state index < -0.39 is 0 Å². The molecule has 0 aliphatic carbocycles. The van der Waals surface area contributed by atoms with E-state index in [1.807, 2.05) is 0 Å². The van der Waals surface area contributed by atoms with Gasteiger partial charge in [0.05, 0.1) is 13.2 Å². The van der Waals surface area contributed by atoms with Gasteiger partial charge < -0.3 is 15.0 Å². The van der Waals surface area contributed by atoms with Crippen molar-refractivity contribution in [1.82, 2.24) is 15.1 Å². The van der Waals surface area contributed by atoms with Gasteiger partial charge in [-0.3, -0.25) is 9.69 Å². The number of carbonyl (C=O) groups excluding carboxylic acids is 1. The molecule has 0 saturated carbocycles. The van der Waals surface area contributed by atoms with Crippen LogP contribution in [0.2, 0.25) is 0 Å². The van der Waals surface area contributed by atoms with Gasteiger partial charge in [0, 0.05) is 38.1 Å². The zero-order valence-electron chi connectivity index (χ0n) is 13.3. The summed E-state index contributed by atoms with van der Waals surface area (Å²) in [6, 6.07) is 0.427. The zero-order chi connectivity index (χ0) is 13.9. The summed E-state index contributed by atoms with van der Waals surface area (Å²) in [6.45, 7) is 9.82. The first-order valence-electron chi connectivity index (χ1n) is 8.07. The maximum atomic E-state index is 12.7. The largest absolute Gasteiger partial charge is 0.379 e. The van der Waals surface area contributed by atoms with Gasteiger partial charge in [-0.05, 0) is 31.8 Å². The monoisotopic (exact) mass is 353 g/mol. The van der Waals surface area contributed by atoms with Crippen molar-refractivity contribution in [3.63, 3.8) is 0 Å². The van der Waals surface area contributed by atoms with Crippen LogP contribution in [0.15, 0.2) is 0 Å². The van der Waals surface area contributed by atoms with Gasteiger partial charge in [0.1, 0.15) is 0 Å². The number of nitrogens with zero attached hydrogens (tertiary/aromatic N) is 2. The van der Waals surface area contributed by atoms with Crippen molar-refractivity contribution in [2.24, 2.45) is 11.8 Å². The Morgan fingerprint density at radius 3 is 2.50 bits per heavy atom. The molecule has 5 nitrogen and oxygen atoms in total. The van der Waals surface area contributed by atoms with Gasteiger partial charge in [0.2, 0.25) is 5.91 Å². The van der Waals surface area contributed by atoms with Crippen LogP contribution >= 0.6 is 24.8 Å². The number of halogens is 2. The first-order valence-corrected chi connectivity index (χ1v) is 8.07. The Labute approximate surface area is 145 Å². The van der Waals surface area contributed by atoms with Gasteiger partial charge in [-0.1, -0.05) is 6.92 Å². The maximum Gasteiger partial charge on any atom is 0.226 e. The molecule has 7 heteroatoms. The van der Waals surface area contributed by atoms with Gasteiger partial charge in [-0.25, -0.2) is 0 Å². The van der Waals surface area contributed by atoms with Crippen LogP contribution in [-0.2, 0) is 9.53 Å². The molecule has 130 valence electrons. The van der Waals surface area contributed by atoms with Gasteiger partial charge >= 0.3 is 0 Å². The first-order chi connectivity index (χ1) is 9.75. The highest BCUT2D eigenvalue weighted by molar-refractivity contribution is 5.85. The number of likely N-dealkylation sites (tertiary alicyclic amines) is 1. The van der Waals surface area contributed by atoms with Crippen molar-refractivity contribution in [2.45, 2.75) is 25.8 Å². The van der Waals surface area contributed by atoms with E-state index in [2.05, 4.69) is 22.0 Å². The molecule has 0 spiro atoms. The second-order valence-electron chi connectivity index (χ2n) is 6.45. The summed E-state index contributed by atoms with van der Waals surface area (Å²) in [5, 5.41) is 3.27. The summed E-state index contributed by atoms with van der Waals surface area (Å²) >= 11 is 0. The minimum Gasteiger partial charge on any atom is -0.379 e. The lowest BCUT2D eigenvalue weighted by Gasteiger charge is -2.37. The normalized spacial score (nSPS) is 27.5. The highest BCUT2D eigenvalue weighted by Crippen LogP contribution is 2.25. The average molecular weight is 354 g/mol. The van der Waals surface area contributed by atoms with Gasteiger partial charge in [-0.2, -0.15) is 0 Å². The van der Waals surface area contributed by atoms with Crippen LogP contribution in [0.5, 0.6) is 0 Å². The number of nitrogens with one attached hydrogen (secondary N) is 1. The van der Waals surface area contributed by atoms with Crippen molar-refractivity contribution in [1.29, 1.82) is 0 Å². The van der Waals surface area contributed by atoms with Gasteiger partial charge in [-0.15, -0.1) is 24.8 Å². The van der Waals surface area contributed by atoms with Crippen molar-refractivity contribution in [3.8, 4) is 0 Å². The molecule has 1 N–H and O–H groups in total. The van der Waals surface area contributed by atoms with E-state index in [-0.39, 0.29) is 30.7 Å². The van der Waals surface area contributed by atoms with Crippen LogP contribution in [0, 0.1) is 11.8 Å². The van der Waals surface area contributed by atoms with Crippen molar-refractivity contribution in [2.75, 3.05) is 52.5 Å². The quantitative estimate of drug-likeness (QED) is 0.819. The van der Waals surface area contributed by atoms with Crippen LogP contribution in [-0.4, -0.2) is 74.2 Å². The second-order valence-corrected chi connectivity index (χ2v) is 6.45. The number of amides is 1. The standard InChI is InChI=1S/C15H27N3O2.2ClH/c1-12(13-9-16-10-13)15(19)18-4-2-3-14(18)11-17-5-7-20-8-6-17;;/h12-14,16H,2-11H2,1H3;2*1H. The molecule has 3 saturated heterocycles. The molecule has 3 aliphatic heterocycles. The van der Waals surface area contributed by atoms with E-state index in [9.17, 15) is 4.79 Å². The Morgan fingerprint density at radius 2 is 1.91 bits per heavy atom. The third kappa shape index (κ3) is 4.48. The van der Waals surface area contributed by atoms with Crippen molar-refractivity contribution in [3.05, 3.63) is 0 Å². The zero-order valence-corrected chi connectivity index (χ0v) is 15.0. The van der Waals surface area contributed by atoms with Crippen LogP contribution < -0.4 is 5.32 Å². The minimum atomic E-state index is 0. The number of hydrogen-bond acceptors (Lipinski definition) is 4. The number of ether oxygens (including phenoxy) is 1. The Kier molecular flexibility index (Phi) is 8.43. The molecule has 3 fully saturated rings. The Balaban J connectivity index is 0.00000121. The molecule has 0 radical (unpaired) electrons. The molecular formula is C15H29Cl2N3O2. The minimum absolute atomic E-state index is 0. The molecule has 3 aliphatic rings. The average Bonchev–Trinajstić information content (AvgIpc) is 2.85. The van der Waals surface area contributed by atoms with Gasteiger partial charge in [0.15, 0.2) is 0 Å². The predicted octanol–water partition coefficient (Wildman–Crippen LogP) is 1.01. The fourth-order valence-corrected chi connectivity index (χ4v) is 3.53. The second kappa shape index (κ2) is 9.28. The van der Waals surface area contributed by atoms with Gasteiger partial charge in [0.25, 0.3) is 0 Å². The molecule has 0 aromatic carbocycles. The molecular weight excluding hydrogens is 325 g/mol. The smallest absolute Gasteiger partial charge is 0.226 e. The Morgan fingerprint density at radius 1 is 1.23 bits per heavy atom. The SMILES string of the molecule is CC(C(=O)N1CCCC1CN1CCOCC1)C1CNC1.Cl.Cl. The lowest BCUT2D eigenvalue weighted by atomic mass is 9.88. The highest BCUT2D eigenvalue weighted by Gasteiger charge is 2.36. The van der Waals surface area contributed by atoms with Crippen molar-refractivity contribution >= 4 is 30.7 Å². The lowest BCUT2D eigenvalue weighted by Crippen LogP contribution is -2.53. The van der Waals surface area contributed by atoms with Crippen molar-refractivity contribution < 1.29 is 9.53 Å². The summed E-state index contributed by atoms with van der Waals surface area (Å²) in [5.41, 5.74) is 0. The van der Waals surface area contributed by atoms with E-state index >= 15 is 0 Å². The molecule has 2 unspecified atom stereocenters. The summed E-state index contributed by atoms with van der Waals surface area (Å²) in [7, 11) is 0. The summed E-state index contributed by atoms with van der Waals surface area (Å²) < 4.78 is 5.40. The molecule has 1 amide bonds. The first kappa shape index (κ1) is 20.0. The predicted molar refractivity (Wildman–Crippen MR) is 92.0 cm³/mol. The molecule has 0 bridgehead atoms. The van der Waals surface area contributed by atoms with E-state index in [1.54, 1.807) is 0 Å². The number of morpholine rings is 1. The Bertz CT molecular complexity index is 350. The summed E-state index contributed by atoms with van der Waals surface area (Å²) in [6.07, 6.45) is 2.33. The molecule has 0 aromatic rings. The molecule has 2 atom stereocenters. The fourth-order valence-electron chi connectivity index (χ4n) is 3.53. The fraction of sp³-hybridized carbons (Fsp3) is 0.933. The Hall–Kier alpha value is -0.0700. The third-order valence-corrected chi connectivity index (χ3v) is 5.14. The molecule has 3 heterocycles. The maximum absolute atomic E-state index is 12.7. The van der Waals surface area contributed by atoms with E-state index in [4.69, 9.17) is 4.74 Å². The lowest BCUT2D eigenvalue weighted by molar-refractivity contribution is -0.138. The highest BCUT2D eigenvalue weighted by atomic mass is 35.5. The summed E-state index contributed by atoms with van der Waals surface area (Å²) in [4.78, 5) is 17.3. The van der Waals surface area contributed by atoms with Crippen LogP contribution in [0.25, 0.3) is 0 Å². The van der Waals surface area contributed by atoms with Crippen LogP contribution in [0.1, 0.15) is 19.8 Å². The van der Waals surface area contributed by atoms with Crippen LogP contribution in [0.3, 0.4) is 0 Å². The third-order valence-electron chi connectivity index (χ3n) is 5.14. The van der Waals surface area contributed by atoms with E-state index in [0.29, 0.717) is 17.9 Å². The molecule has 0 aromatic heterocycles. The number of rotatable bonds is 4. The topological polar surface area (TPSA) is 44.8 Å².